The van der Waals surface area contributed by atoms with E-state index >= 15 is 0 Å². The van der Waals surface area contributed by atoms with Gasteiger partial charge < -0.3 is 19.3 Å². The molecule has 8 heteroatoms. The largest absolute Gasteiger partial charge is 0.490 e. The number of methoxy groups -OCH3 is 1. The number of carbonyl (C=O) groups is 1. The smallest absolute Gasteiger partial charge is 0.306 e. The molecule has 0 amide bonds. The second kappa shape index (κ2) is 9.84. The molecule has 3 aromatic rings. The molecule has 1 heterocycles. The summed E-state index contributed by atoms with van der Waals surface area (Å²) in [4.78, 5) is 16.0. The van der Waals surface area contributed by atoms with Crippen molar-refractivity contribution in [3.8, 4) is 34.7 Å². The lowest BCUT2D eigenvalue weighted by Crippen LogP contribution is -2.22. The molecular weight excluding hydrogens is 420 g/mol. The van der Waals surface area contributed by atoms with Crippen molar-refractivity contribution in [2.75, 3.05) is 13.7 Å². The van der Waals surface area contributed by atoms with E-state index in [9.17, 15) is 10.1 Å². The molecule has 0 radical (unpaired) electrons. The van der Waals surface area contributed by atoms with Crippen LogP contribution in [-0.2, 0) is 16.0 Å². The summed E-state index contributed by atoms with van der Waals surface area (Å²) in [7, 11) is 1.40. The van der Waals surface area contributed by atoms with Gasteiger partial charge in [0.1, 0.15) is 11.8 Å². The fourth-order valence-electron chi connectivity index (χ4n) is 4.08. The minimum absolute atomic E-state index is 0.0306. The molecule has 1 unspecified atom stereocenters. The van der Waals surface area contributed by atoms with Crippen LogP contribution in [0.4, 0.5) is 0 Å². The van der Waals surface area contributed by atoms with Gasteiger partial charge >= 0.3 is 5.97 Å². The van der Waals surface area contributed by atoms with Crippen molar-refractivity contribution in [2.45, 2.75) is 45.3 Å². The summed E-state index contributed by atoms with van der Waals surface area (Å²) in [6.07, 6.45) is 2.12. The van der Waals surface area contributed by atoms with E-state index < -0.39 is 0 Å². The van der Waals surface area contributed by atoms with Crippen molar-refractivity contribution in [1.29, 1.82) is 5.26 Å². The molecule has 1 atom stereocenters. The van der Waals surface area contributed by atoms with Crippen LogP contribution in [0.1, 0.15) is 49.4 Å². The number of ether oxygens (including phenoxy) is 2. The normalized spacial score (nSPS) is 14.7. The highest BCUT2D eigenvalue weighted by molar-refractivity contribution is 5.69. The predicted octanol–water partition coefficient (Wildman–Crippen LogP) is 4.20. The highest BCUT2D eigenvalue weighted by Crippen LogP contribution is 2.37. The number of nitriles is 1. The minimum atomic E-state index is -0.225. The molecule has 1 aliphatic carbocycles. The number of nitrogens with zero attached hydrogens (tertiary/aromatic N) is 3. The summed E-state index contributed by atoms with van der Waals surface area (Å²) in [5.74, 6) is 1.17. The van der Waals surface area contributed by atoms with Crippen LogP contribution >= 0.6 is 0 Å². The van der Waals surface area contributed by atoms with Crippen molar-refractivity contribution in [3.05, 3.63) is 53.1 Å². The number of hydrogen-bond acceptors (Lipinski definition) is 8. The first-order chi connectivity index (χ1) is 16.0. The van der Waals surface area contributed by atoms with E-state index in [0.717, 1.165) is 18.4 Å². The lowest BCUT2D eigenvalue weighted by molar-refractivity contribution is -0.140. The third kappa shape index (κ3) is 4.89. The first-order valence-electron chi connectivity index (χ1n) is 11.0. The number of rotatable bonds is 8. The quantitative estimate of drug-likeness (QED) is 0.513. The van der Waals surface area contributed by atoms with Gasteiger partial charge in [-0.1, -0.05) is 23.4 Å². The highest BCUT2D eigenvalue weighted by atomic mass is 16.5. The van der Waals surface area contributed by atoms with Crippen LogP contribution in [-0.4, -0.2) is 35.9 Å². The maximum Gasteiger partial charge on any atom is 0.306 e. The van der Waals surface area contributed by atoms with E-state index in [-0.39, 0.29) is 18.1 Å². The Labute approximate surface area is 192 Å². The molecule has 33 heavy (non-hydrogen) atoms. The van der Waals surface area contributed by atoms with Gasteiger partial charge in [-0.2, -0.15) is 10.2 Å². The van der Waals surface area contributed by atoms with Gasteiger partial charge in [0.15, 0.2) is 0 Å². The molecule has 0 saturated heterocycles. The molecule has 8 nitrogen and oxygen atoms in total. The van der Waals surface area contributed by atoms with Gasteiger partial charge in [-0.3, -0.25) is 4.79 Å². The van der Waals surface area contributed by atoms with Crippen molar-refractivity contribution in [3.63, 3.8) is 0 Å². The van der Waals surface area contributed by atoms with Gasteiger partial charge in [0.25, 0.3) is 5.89 Å². The van der Waals surface area contributed by atoms with Crippen LogP contribution in [0.25, 0.3) is 22.8 Å². The van der Waals surface area contributed by atoms with Crippen LogP contribution in [0.15, 0.2) is 40.9 Å². The number of esters is 1. The molecule has 1 aliphatic rings. The molecule has 2 aromatic carbocycles. The SMILES string of the molecule is COC(=O)CCNC1CCc2c(-c3noc(-c4ccc(OC(C)C)c(C#N)c4)n3)cccc21. The van der Waals surface area contributed by atoms with Gasteiger partial charge in [-0.15, -0.1) is 0 Å². The minimum Gasteiger partial charge on any atom is -0.490 e. The molecule has 1 aromatic heterocycles. The number of fused-ring (bicyclic) bond motifs is 1. The molecule has 1 N–H and O–H groups in total. The second-order valence-electron chi connectivity index (χ2n) is 8.16. The first kappa shape index (κ1) is 22.5. The van der Waals surface area contributed by atoms with Crippen LogP contribution in [0.5, 0.6) is 5.75 Å². The molecular formula is C25H26N4O4. The Kier molecular flexibility index (Phi) is 6.71. The lowest BCUT2D eigenvalue weighted by atomic mass is 10.0. The van der Waals surface area contributed by atoms with Crippen LogP contribution in [0.3, 0.4) is 0 Å². The number of carbonyl (C=O) groups excluding carboxylic acids is 1. The van der Waals surface area contributed by atoms with Gasteiger partial charge in [0.05, 0.1) is 25.2 Å². The zero-order chi connectivity index (χ0) is 23.4. The Balaban J connectivity index is 1.55. The van der Waals surface area contributed by atoms with Gasteiger partial charge in [-0.25, -0.2) is 0 Å². The predicted molar refractivity (Wildman–Crippen MR) is 121 cm³/mol. The summed E-state index contributed by atoms with van der Waals surface area (Å²) in [6.45, 7) is 4.39. The zero-order valence-electron chi connectivity index (χ0n) is 18.9. The number of nitrogens with one attached hydrogen (secondary N) is 1. The molecule has 170 valence electrons. The molecule has 0 fully saturated rings. The maximum atomic E-state index is 11.4. The summed E-state index contributed by atoms with van der Waals surface area (Å²) in [5.41, 5.74) is 4.38. The van der Waals surface area contributed by atoms with Gasteiger partial charge in [-0.05, 0) is 56.0 Å². The number of aromatic nitrogens is 2. The monoisotopic (exact) mass is 446 g/mol. The van der Waals surface area contributed by atoms with E-state index in [1.54, 1.807) is 12.1 Å². The zero-order valence-corrected chi connectivity index (χ0v) is 18.9. The van der Waals surface area contributed by atoms with Gasteiger partial charge in [0, 0.05) is 23.7 Å². The van der Waals surface area contributed by atoms with Crippen molar-refractivity contribution in [1.82, 2.24) is 15.5 Å². The van der Waals surface area contributed by atoms with Gasteiger partial charge in [0.2, 0.25) is 5.82 Å². The first-order valence-corrected chi connectivity index (χ1v) is 11.0. The molecule has 0 spiro atoms. The lowest BCUT2D eigenvalue weighted by Gasteiger charge is -2.14. The Hall–Kier alpha value is -3.70. The average Bonchev–Trinajstić information content (AvgIpc) is 3.46. The summed E-state index contributed by atoms with van der Waals surface area (Å²) in [6, 6.07) is 13.7. The van der Waals surface area contributed by atoms with E-state index in [2.05, 4.69) is 27.6 Å². The summed E-state index contributed by atoms with van der Waals surface area (Å²) in [5, 5.41) is 17.1. The maximum absolute atomic E-state index is 11.4. The van der Waals surface area contributed by atoms with Crippen molar-refractivity contribution in [2.24, 2.45) is 0 Å². The second-order valence-corrected chi connectivity index (χ2v) is 8.16. The Bertz CT molecular complexity index is 1200. The summed E-state index contributed by atoms with van der Waals surface area (Å²) >= 11 is 0. The number of benzene rings is 2. The summed E-state index contributed by atoms with van der Waals surface area (Å²) < 4.78 is 15.9. The third-order valence-corrected chi connectivity index (χ3v) is 5.59. The average molecular weight is 447 g/mol. The van der Waals surface area contributed by atoms with E-state index in [1.807, 2.05) is 32.0 Å². The Morgan fingerprint density at radius 3 is 2.94 bits per heavy atom. The van der Waals surface area contributed by atoms with Crippen molar-refractivity contribution >= 4 is 5.97 Å². The fraction of sp³-hybridized carbons (Fsp3) is 0.360. The highest BCUT2D eigenvalue weighted by Gasteiger charge is 2.26. The van der Waals surface area contributed by atoms with Crippen molar-refractivity contribution < 1.29 is 18.8 Å². The van der Waals surface area contributed by atoms with E-state index in [0.29, 0.717) is 41.6 Å². The molecule has 0 saturated carbocycles. The Morgan fingerprint density at radius 2 is 2.18 bits per heavy atom. The van der Waals surface area contributed by atoms with E-state index in [4.69, 9.17) is 14.0 Å². The number of hydrogen-bond donors (Lipinski definition) is 1. The van der Waals surface area contributed by atoms with Crippen LogP contribution in [0.2, 0.25) is 0 Å². The standard InChI is InChI=1S/C25H26N4O4/c1-15(2)32-22-10-7-16(13-17(22)14-26)25-28-24(29-33-25)20-6-4-5-19-18(20)8-9-21(19)27-12-11-23(30)31-3/h4-7,10,13,15,21,27H,8-9,11-12H2,1-3H3. The van der Waals surface area contributed by atoms with E-state index in [1.165, 1.54) is 18.2 Å². The molecule has 0 aliphatic heterocycles. The Morgan fingerprint density at radius 1 is 1.33 bits per heavy atom. The van der Waals surface area contributed by atoms with Crippen LogP contribution < -0.4 is 10.1 Å². The topological polar surface area (TPSA) is 110 Å². The molecule has 0 bridgehead atoms. The van der Waals surface area contributed by atoms with Crippen LogP contribution in [0, 0.1) is 11.3 Å². The third-order valence-electron chi connectivity index (χ3n) is 5.59. The molecule has 4 rings (SSSR count). The fourth-order valence-corrected chi connectivity index (χ4v) is 4.08.